The molecule has 1 aromatic carbocycles. The minimum atomic E-state index is 0.350. The van der Waals surface area contributed by atoms with E-state index in [0.29, 0.717) is 29.9 Å². The predicted octanol–water partition coefficient (Wildman–Crippen LogP) is 2.83. The number of hydrogen-bond donors (Lipinski definition) is 2. The van der Waals surface area contributed by atoms with E-state index in [1.807, 2.05) is 12.1 Å². The third kappa shape index (κ3) is 3.64. The van der Waals surface area contributed by atoms with Crippen LogP contribution in [0, 0.1) is 0 Å². The van der Waals surface area contributed by atoms with Gasteiger partial charge in [0.05, 0.1) is 14.2 Å². The molecular formula is C17H24N4O2. The van der Waals surface area contributed by atoms with Gasteiger partial charge in [-0.3, -0.25) is 0 Å². The average Bonchev–Trinajstić information content (AvgIpc) is 2.55. The Morgan fingerprint density at radius 2 is 1.78 bits per heavy atom. The number of aromatic nitrogens is 2. The van der Waals surface area contributed by atoms with E-state index < -0.39 is 0 Å². The average molecular weight is 316 g/mol. The van der Waals surface area contributed by atoms with Gasteiger partial charge < -0.3 is 20.5 Å². The van der Waals surface area contributed by atoms with Crippen LogP contribution < -0.4 is 20.5 Å². The molecule has 23 heavy (non-hydrogen) atoms. The van der Waals surface area contributed by atoms with Gasteiger partial charge in [-0.05, 0) is 29.2 Å². The third-order valence-electron chi connectivity index (χ3n) is 3.77. The molecular weight excluding hydrogens is 292 g/mol. The van der Waals surface area contributed by atoms with Gasteiger partial charge in [0.2, 0.25) is 5.95 Å². The number of nitrogen functional groups attached to an aromatic ring is 1. The SMILES string of the molecule is CNc1ncc(Cc2cc(OC)c(OC)cc2C(C)C)c(N)n1. The first-order valence-corrected chi connectivity index (χ1v) is 7.54. The number of benzene rings is 1. The highest BCUT2D eigenvalue weighted by molar-refractivity contribution is 5.52. The molecule has 3 N–H and O–H groups in total. The number of anilines is 2. The van der Waals surface area contributed by atoms with E-state index in [-0.39, 0.29) is 0 Å². The van der Waals surface area contributed by atoms with Crippen molar-refractivity contribution in [3.05, 3.63) is 35.0 Å². The minimum Gasteiger partial charge on any atom is -0.493 e. The van der Waals surface area contributed by atoms with Crippen molar-refractivity contribution in [3.8, 4) is 11.5 Å². The summed E-state index contributed by atoms with van der Waals surface area (Å²) in [6.45, 7) is 4.30. The van der Waals surface area contributed by atoms with Crippen molar-refractivity contribution in [1.82, 2.24) is 9.97 Å². The lowest BCUT2D eigenvalue weighted by Gasteiger charge is -2.17. The summed E-state index contributed by atoms with van der Waals surface area (Å²) in [4.78, 5) is 8.49. The molecule has 0 aliphatic rings. The molecule has 0 fully saturated rings. The molecule has 0 spiro atoms. The molecule has 6 heteroatoms. The molecule has 0 aliphatic heterocycles. The van der Waals surface area contributed by atoms with Crippen molar-refractivity contribution in [2.75, 3.05) is 32.3 Å². The predicted molar refractivity (Wildman–Crippen MR) is 92.4 cm³/mol. The second-order valence-electron chi connectivity index (χ2n) is 5.59. The highest BCUT2D eigenvalue weighted by Crippen LogP contribution is 2.35. The second-order valence-corrected chi connectivity index (χ2v) is 5.59. The van der Waals surface area contributed by atoms with E-state index >= 15 is 0 Å². The molecule has 0 saturated carbocycles. The van der Waals surface area contributed by atoms with Crippen molar-refractivity contribution in [2.45, 2.75) is 26.2 Å². The van der Waals surface area contributed by atoms with E-state index in [2.05, 4.69) is 29.1 Å². The first-order chi connectivity index (χ1) is 11.0. The van der Waals surface area contributed by atoms with Crippen molar-refractivity contribution in [1.29, 1.82) is 0 Å². The van der Waals surface area contributed by atoms with Crippen LogP contribution in [0.2, 0.25) is 0 Å². The van der Waals surface area contributed by atoms with Gasteiger partial charge in [-0.2, -0.15) is 4.98 Å². The summed E-state index contributed by atoms with van der Waals surface area (Å²) in [5.74, 6) is 2.79. The van der Waals surface area contributed by atoms with Crippen molar-refractivity contribution >= 4 is 11.8 Å². The zero-order valence-electron chi connectivity index (χ0n) is 14.3. The number of hydrogen-bond acceptors (Lipinski definition) is 6. The summed E-state index contributed by atoms with van der Waals surface area (Å²) in [7, 11) is 5.04. The summed E-state index contributed by atoms with van der Waals surface area (Å²) >= 11 is 0. The first-order valence-electron chi connectivity index (χ1n) is 7.54. The quantitative estimate of drug-likeness (QED) is 0.853. The Balaban J connectivity index is 2.45. The molecule has 2 aromatic rings. The van der Waals surface area contributed by atoms with Crippen LogP contribution in [0.3, 0.4) is 0 Å². The Morgan fingerprint density at radius 3 is 2.30 bits per heavy atom. The van der Waals surface area contributed by atoms with E-state index in [4.69, 9.17) is 15.2 Å². The Kier molecular flexibility index (Phi) is 5.26. The molecule has 1 aromatic heterocycles. The molecule has 0 aliphatic carbocycles. The van der Waals surface area contributed by atoms with Gasteiger partial charge in [0.25, 0.3) is 0 Å². The van der Waals surface area contributed by atoms with Gasteiger partial charge in [0.15, 0.2) is 11.5 Å². The lowest BCUT2D eigenvalue weighted by atomic mass is 9.92. The fraction of sp³-hybridized carbons (Fsp3) is 0.412. The van der Waals surface area contributed by atoms with Gasteiger partial charge in [-0.15, -0.1) is 0 Å². The highest BCUT2D eigenvalue weighted by Gasteiger charge is 2.15. The summed E-state index contributed by atoms with van der Waals surface area (Å²) < 4.78 is 10.8. The number of nitrogens with zero attached hydrogens (tertiary/aromatic N) is 2. The summed E-state index contributed by atoms with van der Waals surface area (Å²) in [5, 5.41) is 2.88. The normalized spacial score (nSPS) is 10.7. The Morgan fingerprint density at radius 1 is 1.13 bits per heavy atom. The summed E-state index contributed by atoms with van der Waals surface area (Å²) in [6, 6.07) is 4.03. The van der Waals surface area contributed by atoms with Crippen LogP contribution in [0.15, 0.2) is 18.3 Å². The smallest absolute Gasteiger partial charge is 0.224 e. The van der Waals surface area contributed by atoms with Crippen LogP contribution in [-0.2, 0) is 6.42 Å². The van der Waals surface area contributed by atoms with Gasteiger partial charge in [0.1, 0.15) is 5.82 Å². The largest absolute Gasteiger partial charge is 0.493 e. The fourth-order valence-electron chi connectivity index (χ4n) is 2.51. The van der Waals surface area contributed by atoms with Crippen LogP contribution in [0.4, 0.5) is 11.8 Å². The van der Waals surface area contributed by atoms with E-state index in [0.717, 1.165) is 16.9 Å². The van der Waals surface area contributed by atoms with Crippen molar-refractivity contribution in [2.24, 2.45) is 0 Å². The fourth-order valence-corrected chi connectivity index (χ4v) is 2.51. The molecule has 124 valence electrons. The highest BCUT2D eigenvalue weighted by atomic mass is 16.5. The van der Waals surface area contributed by atoms with Crippen LogP contribution in [-0.4, -0.2) is 31.2 Å². The lowest BCUT2D eigenvalue weighted by Crippen LogP contribution is -2.06. The molecule has 0 unspecified atom stereocenters. The van der Waals surface area contributed by atoms with Gasteiger partial charge >= 0.3 is 0 Å². The molecule has 0 radical (unpaired) electrons. The molecule has 0 amide bonds. The molecule has 6 nitrogen and oxygen atoms in total. The number of ether oxygens (including phenoxy) is 2. The molecule has 0 atom stereocenters. The lowest BCUT2D eigenvalue weighted by molar-refractivity contribution is 0.354. The summed E-state index contributed by atoms with van der Waals surface area (Å²) in [6.07, 6.45) is 2.40. The van der Waals surface area contributed by atoms with E-state index in [9.17, 15) is 0 Å². The van der Waals surface area contributed by atoms with Crippen molar-refractivity contribution in [3.63, 3.8) is 0 Å². The zero-order valence-corrected chi connectivity index (χ0v) is 14.3. The monoisotopic (exact) mass is 316 g/mol. The van der Waals surface area contributed by atoms with Crippen molar-refractivity contribution < 1.29 is 9.47 Å². The van der Waals surface area contributed by atoms with E-state index in [1.165, 1.54) is 5.56 Å². The Bertz CT molecular complexity index is 687. The standard InChI is InChI=1S/C17H24N4O2/c1-10(2)13-8-15(23-5)14(22-4)7-11(13)6-12-9-20-17(19-3)21-16(12)18/h7-10H,6H2,1-5H3,(H3,18,19,20,21). The number of methoxy groups -OCH3 is 2. The zero-order chi connectivity index (χ0) is 17.0. The minimum absolute atomic E-state index is 0.350. The van der Waals surface area contributed by atoms with Crippen LogP contribution in [0.1, 0.15) is 36.5 Å². The molecule has 0 saturated heterocycles. The van der Waals surface area contributed by atoms with Crippen LogP contribution in [0.5, 0.6) is 11.5 Å². The van der Waals surface area contributed by atoms with Gasteiger partial charge in [-0.25, -0.2) is 4.98 Å². The molecule has 2 rings (SSSR count). The maximum atomic E-state index is 6.05. The van der Waals surface area contributed by atoms with Gasteiger partial charge in [-0.1, -0.05) is 13.8 Å². The maximum absolute atomic E-state index is 6.05. The first kappa shape index (κ1) is 16.9. The van der Waals surface area contributed by atoms with E-state index in [1.54, 1.807) is 27.5 Å². The number of nitrogens with two attached hydrogens (primary N) is 1. The number of rotatable bonds is 6. The maximum Gasteiger partial charge on any atom is 0.224 e. The molecule has 1 heterocycles. The third-order valence-corrected chi connectivity index (χ3v) is 3.77. The topological polar surface area (TPSA) is 82.3 Å². The van der Waals surface area contributed by atoms with Gasteiger partial charge in [0, 0.05) is 25.2 Å². The Hall–Kier alpha value is -2.50. The summed E-state index contributed by atoms with van der Waals surface area (Å²) in [5.41, 5.74) is 9.26. The second kappa shape index (κ2) is 7.17. The Labute approximate surface area is 137 Å². The van der Waals surface area contributed by atoms with Crippen LogP contribution in [0.25, 0.3) is 0 Å². The number of nitrogens with one attached hydrogen (secondary N) is 1. The molecule has 0 bridgehead atoms. The van der Waals surface area contributed by atoms with Crippen LogP contribution >= 0.6 is 0 Å².